The Morgan fingerprint density at radius 1 is 1.21 bits per heavy atom. The number of rotatable bonds is 4. The minimum atomic E-state index is -0.258. The van der Waals surface area contributed by atoms with Gasteiger partial charge < -0.3 is 15.2 Å². The number of fused-ring (bicyclic) bond motifs is 2. The van der Waals surface area contributed by atoms with E-state index in [2.05, 4.69) is 29.0 Å². The number of carbonyl (C=O) groups excluding carboxylic acids is 1. The highest BCUT2D eigenvalue weighted by Crippen LogP contribution is 2.30. The number of aromatic nitrogens is 1. The van der Waals surface area contributed by atoms with Crippen LogP contribution in [0.1, 0.15) is 67.8 Å². The van der Waals surface area contributed by atoms with E-state index in [1.807, 2.05) is 12.1 Å². The maximum Gasteiger partial charge on any atom is 0.256 e. The predicted molar refractivity (Wildman–Crippen MR) is 113 cm³/mol. The van der Waals surface area contributed by atoms with Gasteiger partial charge in [-0.25, -0.2) is 0 Å². The molecule has 3 heterocycles. The predicted octanol–water partition coefficient (Wildman–Crippen LogP) is 3.65. The highest BCUT2D eigenvalue weighted by Gasteiger charge is 2.33. The van der Waals surface area contributed by atoms with Crippen LogP contribution in [0.4, 0.5) is 0 Å². The van der Waals surface area contributed by atoms with Crippen molar-refractivity contribution in [2.24, 2.45) is 5.92 Å². The van der Waals surface area contributed by atoms with Gasteiger partial charge in [-0.05, 0) is 62.2 Å². The summed E-state index contributed by atoms with van der Waals surface area (Å²) in [5.74, 6) is 0.542. The van der Waals surface area contributed by atoms with E-state index in [-0.39, 0.29) is 16.9 Å². The Bertz CT molecular complexity index is 916. The summed E-state index contributed by atoms with van der Waals surface area (Å²) in [7, 11) is 0. The molecule has 150 valence electrons. The number of para-hydroxylation sites is 1. The lowest BCUT2D eigenvalue weighted by Crippen LogP contribution is -2.51. The first kappa shape index (κ1) is 19.2. The fraction of sp³-hybridized carbons (Fsp3) is 0.565. The molecule has 2 aliphatic heterocycles. The van der Waals surface area contributed by atoms with Crippen molar-refractivity contribution in [3.63, 3.8) is 0 Å². The van der Waals surface area contributed by atoms with Crippen molar-refractivity contribution < 1.29 is 4.79 Å². The summed E-state index contributed by atoms with van der Waals surface area (Å²) < 4.78 is 0. The molecule has 0 aliphatic carbocycles. The zero-order valence-corrected chi connectivity index (χ0v) is 17.0. The minimum Gasteiger partial charge on any atom is -0.360 e. The molecule has 0 saturated carbocycles. The molecule has 2 saturated heterocycles. The Morgan fingerprint density at radius 2 is 2.04 bits per heavy atom. The van der Waals surface area contributed by atoms with E-state index in [9.17, 15) is 9.59 Å². The van der Waals surface area contributed by atoms with E-state index in [1.165, 1.54) is 38.8 Å². The van der Waals surface area contributed by atoms with Crippen LogP contribution in [0.2, 0.25) is 0 Å². The Kier molecular flexibility index (Phi) is 5.54. The molecule has 1 aromatic heterocycles. The molecule has 0 spiro atoms. The summed E-state index contributed by atoms with van der Waals surface area (Å²) in [6.07, 6.45) is 7.75. The number of pyridine rings is 1. The van der Waals surface area contributed by atoms with Gasteiger partial charge >= 0.3 is 0 Å². The second-order valence-corrected chi connectivity index (χ2v) is 8.67. The molecule has 1 aromatic carbocycles. The number of nitrogens with one attached hydrogen (secondary N) is 2. The maximum absolute atomic E-state index is 12.9. The van der Waals surface area contributed by atoms with Crippen LogP contribution in [0.25, 0.3) is 10.9 Å². The van der Waals surface area contributed by atoms with Crippen LogP contribution in [-0.4, -0.2) is 41.5 Å². The van der Waals surface area contributed by atoms with Crippen LogP contribution in [0.5, 0.6) is 0 Å². The molecule has 5 heteroatoms. The smallest absolute Gasteiger partial charge is 0.256 e. The molecule has 2 atom stereocenters. The molecule has 0 unspecified atom stereocenters. The van der Waals surface area contributed by atoms with Crippen molar-refractivity contribution in [1.82, 2.24) is 15.2 Å². The molecule has 5 nitrogen and oxygen atoms in total. The van der Waals surface area contributed by atoms with E-state index < -0.39 is 0 Å². The van der Waals surface area contributed by atoms with Gasteiger partial charge in [0.25, 0.3) is 5.91 Å². The number of benzene rings is 1. The quantitative estimate of drug-likeness (QED) is 0.850. The lowest BCUT2D eigenvalue weighted by molar-refractivity contribution is 0.0575. The number of hydrogen-bond acceptors (Lipinski definition) is 3. The first-order chi connectivity index (χ1) is 13.6. The molecule has 2 fully saturated rings. The number of nitrogens with zero attached hydrogens (tertiary/aromatic N) is 1. The van der Waals surface area contributed by atoms with Gasteiger partial charge in [-0.2, -0.15) is 0 Å². The number of aromatic amines is 1. The van der Waals surface area contributed by atoms with Crippen molar-refractivity contribution in [3.8, 4) is 0 Å². The van der Waals surface area contributed by atoms with E-state index in [4.69, 9.17) is 0 Å². The molecular formula is C23H31N3O2. The minimum absolute atomic E-state index is 0.184. The summed E-state index contributed by atoms with van der Waals surface area (Å²) >= 11 is 0. The van der Waals surface area contributed by atoms with Gasteiger partial charge in [0.05, 0.1) is 5.52 Å². The zero-order chi connectivity index (χ0) is 19.7. The number of carbonyl (C=O) groups is 1. The molecule has 0 bridgehead atoms. The fourth-order valence-electron chi connectivity index (χ4n) is 5.06. The van der Waals surface area contributed by atoms with Crippen LogP contribution in [0, 0.1) is 5.92 Å². The Labute approximate surface area is 166 Å². The normalized spacial score (nSPS) is 23.0. The summed E-state index contributed by atoms with van der Waals surface area (Å²) in [4.78, 5) is 31.5. The summed E-state index contributed by atoms with van der Waals surface area (Å²) in [5.41, 5.74) is 1.96. The zero-order valence-electron chi connectivity index (χ0n) is 17.0. The number of amides is 1. The van der Waals surface area contributed by atoms with E-state index in [0.29, 0.717) is 29.8 Å². The third kappa shape index (κ3) is 3.60. The topological polar surface area (TPSA) is 65.2 Å². The molecule has 2 N–H and O–H groups in total. The van der Waals surface area contributed by atoms with Crippen molar-refractivity contribution in [2.45, 2.75) is 57.9 Å². The third-order valence-electron chi connectivity index (χ3n) is 6.57. The molecule has 1 amide bonds. The number of hydrogen-bond donors (Lipinski definition) is 2. The first-order valence-electron chi connectivity index (χ1n) is 10.7. The Hall–Kier alpha value is -2.14. The van der Waals surface area contributed by atoms with Gasteiger partial charge in [0.15, 0.2) is 0 Å². The summed E-state index contributed by atoms with van der Waals surface area (Å²) in [6.45, 7) is 7.25. The standard InChI is InChI=1S/C23H31N3O2/c1-15(2)17-8-5-9-18-21(17)24-14-19(22(18)27)23(28)25-13-16-7-6-12-26-11-4-3-10-20(16)26/h5,8-9,14-16,20H,3-4,6-7,10-13H2,1-2H3,(H,24,27)(H,25,28)/t16-,20-/m0/s1. The molecule has 28 heavy (non-hydrogen) atoms. The van der Waals surface area contributed by atoms with Gasteiger partial charge in [-0.15, -0.1) is 0 Å². The second kappa shape index (κ2) is 8.08. The molecular weight excluding hydrogens is 350 g/mol. The van der Waals surface area contributed by atoms with Crippen LogP contribution >= 0.6 is 0 Å². The Morgan fingerprint density at radius 3 is 2.86 bits per heavy atom. The van der Waals surface area contributed by atoms with Crippen LogP contribution in [-0.2, 0) is 0 Å². The summed E-state index contributed by atoms with van der Waals surface area (Å²) in [6, 6.07) is 6.32. The van der Waals surface area contributed by atoms with Crippen LogP contribution in [0.15, 0.2) is 29.2 Å². The van der Waals surface area contributed by atoms with E-state index in [0.717, 1.165) is 17.5 Å². The van der Waals surface area contributed by atoms with Crippen LogP contribution in [0.3, 0.4) is 0 Å². The third-order valence-corrected chi connectivity index (χ3v) is 6.57. The molecule has 2 aliphatic rings. The molecule has 4 rings (SSSR count). The SMILES string of the molecule is CC(C)c1cccc2c(=O)c(C(=O)NC[C@@H]3CCCN4CCCC[C@@H]34)c[nH]c12. The fourth-order valence-corrected chi connectivity index (χ4v) is 5.06. The lowest BCUT2D eigenvalue weighted by atomic mass is 9.83. The molecule has 2 aromatic rings. The Balaban J connectivity index is 1.51. The molecule has 0 radical (unpaired) electrons. The largest absolute Gasteiger partial charge is 0.360 e. The van der Waals surface area contributed by atoms with E-state index in [1.54, 1.807) is 12.3 Å². The van der Waals surface area contributed by atoms with Gasteiger partial charge in [0.2, 0.25) is 5.43 Å². The van der Waals surface area contributed by atoms with Crippen molar-refractivity contribution in [3.05, 3.63) is 45.7 Å². The highest BCUT2D eigenvalue weighted by molar-refractivity contribution is 5.97. The average Bonchev–Trinajstić information content (AvgIpc) is 2.72. The highest BCUT2D eigenvalue weighted by atomic mass is 16.2. The number of H-pyrrole nitrogens is 1. The van der Waals surface area contributed by atoms with Gasteiger partial charge in [-0.1, -0.05) is 32.4 Å². The lowest BCUT2D eigenvalue weighted by Gasteiger charge is -2.44. The van der Waals surface area contributed by atoms with Crippen LogP contribution < -0.4 is 10.7 Å². The van der Waals surface area contributed by atoms with Crippen molar-refractivity contribution in [1.29, 1.82) is 0 Å². The number of piperidine rings is 2. The second-order valence-electron chi connectivity index (χ2n) is 8.67. The van der Waals surface area contributed by atoms with Gasteiger partial charge in [0, 0.05) is 24.2 Å². The first-order valence-corrected chi connectivity index (χ1v) is 10.7. The average molecular weight is 382 g/mol. The summed E-state index contributed by atoms with van der Waals surface area (Å²) in [5, 5.41) is 3.65. The van der Waals surface area contributed by atoms with Gasteiger partial charge in [-0.3, -0.25) is 9.59 Å². The van der Waals surface area contributed by atoms with Gasteiger partial charge in [0.1, 0.15) is 5.56 Å². The monoisotopic (exact) mass is 381 g/mol. The maximum atomic E-state index is 12.9. The van der Waals surface area contributed by atoms with Crippen molar-refractivity contribution in [2.75, 3.05) is 19.6 Å². The van der Waals surface area contributed by atoms with Crippen molar-refractivity contribution >= 4 is 16.8 Å². The van der Waals surface area contributed by atoms with E-state index >= 15 is 0 Å².